The van der Waals surface area contributed by atoms with Crippen LogP contribution in [-0.2, 0) is 9.59 Å². The van der Waals surface area contributed by atoms with Crippen molar-refractivity contribution in [2.24, 2.45) is 0 Å². The van der Waals surface area contributed by atoms with Crippen LogP contribution in [0.2, 0.25) is 0 Å². The van der Waals surface area contributed by atoms with E-state index in [0.717, 1.165) is 11.3 Å². The molecule has 0 aliphatic carbocycles. The molecule has 2 amide bonds. The molecule has 1 aliphatic heterocycles. The number of rotatable bonds is 5. The predicted molar refractivity (Wildman–Crippen MR) is 104 cm³/mol. The second kappa shape index (κ2) is 7.51. The minimum absolute atomic E-state index is 0.00650. The Balaban J connectivity index is 1.57. The minimum Gasteiger partial charge on any atom is -0.494 e. The van der Waals surface area contributed by atoms with Gasteiger partial charge in [-0.05, 0) is 31.2 Å². The number of fused-ring (bicyclic) bond motifs is 1. The van der Waals surface area contributed by atoms with Gasteiger partial charge in [-0.1, -0.05) is 30.3 Å². The number of amides is 2. The molecule has 0 radical (unpaired) electrons. The van der Waals surface area contributed by atoms with Gasteiger partial charge in [0.2, 0.25) is 17.8 Å². The molecule has 8 nitrogen and oxygen atoms in total. The summed E-state index contributed by atoms with van der Waals surface area (Å²) in [5, 5.41) is 9.95. The zero-order valence-electron chi connectivity index (χ0n) is 15.3. The van der Waals surface area contributed by atoms with E-state index in [1.807, 2.05) is 37.3 Å². The van der Waals surface area contributed by atoms with E-state index in [1.54, 1.807) is 24.3 Å². The largest absolute Gasteiger partial charge is 0.494 e. The minimum atomic E-state index is -0.778. The van der Waals surface area contributed by atoms with Crippen LogP contribution in [0.15, 0.2) is 54.6 Å². The number of hydrogen-bond acceptors (Lipinski definition) is 5. The van der Waals surface area contributed by atoms with Crippen molar-refractivity contribution in [1.82, 2.24) is 14.8 Å². The average Bonchev–Trinajstić information content (AvgIpc) is 3.13. The van der Waals surface area contributed by atoms with Gasteiger partial charge < -0.3 is 10.1 Å². The quantitative estimate of drug-likeness (QED) is 0.712. The van der Waals surface area contributed by atoms with Crippen molar-refractivity contribution in [3.8, 4) is 17.1 Å². The molecule has 0 fully saturated rings. The molecule has 0 saturated carbocycles. The molecule has 1 aliphatic rings. The molecule has 28 heavy (non-hydrogen) atoms. The second-order valence-electron chi connectivity index (χ2n) is 6.28. The number of hydrogen-bond donors (Lipinski definition) is 2. The van der Waals surface area contributed by atoms with Crippen LogP contribution in [0.3, 0.4) is 0 Å². The van der Waals surface area contributed by atoms with Gasteiger partial charge in [0.1, 0.15) is 11.8 Å². The van der Waals surface area contributed by atoms with Crippen LogP contribution in [0.4, 0.5) is 11.6 Å². The zero-order valence-corrected chi connectivity index (χ0v) is 15.3. The normalized spacial score (nSPS) is 15.5. The number of nitrogens with one attached hydrogen (secondary N) is 2. The number of aromatic nitrogens is 3. The van der Waals surface area contributed by atoms with Gasteiger partial charge >= 0.3 is 0 Å². The third-order valence-corrected chi connectivity index (χ3v) is 4.32. The molecule has 2 heterocycles. The van der Waals surface area contributed by atoms with Crippen LogP contribution in [-0.4, -0.2) is 33.2 Å². The predicted octanol–water partition coefficient (Wildman–Crippen LogP) is 2.87. The van der Waals surface area contributed by atoms with Gasteiger partial charge in [0, 0.05) is 11.3 Å². The van der Waals surface area contributed by atoms with Gasteiger partial charge in [-0.25, -0.2) is 4.68 Å². The van der Waals surface area contributed by atoms with Crippen molar-refractivity contribution in [1.29, 1.82) is 0 Å². The van der Waals surface area contributed by atoms with Gasteiger partial charge in [0.25, 0.3) is 0 Å². The fourth-order valence-corrected chi connectivity index (χ4v) is 3.00. The number of anilines is 2. The first kappa shape index (κ1) is 17.7. The lowest BCUT2D eigenvalue weighted by molar-refractivity contribution is -0.125. The Bertz CT molecular complexity index is 998. The summed E-state index contributed by atoms with van der Waals surface area (Å²) in [7, 11) is 0. The van der Waals surface area contributed by atoms with Crippen molar-refractivity contribution in [3.63, 3.8) is 0 Å². The summed E-state index contributed by atoms with van der Waals surface area (Å²) in [6.07, 6.45) is -0.00650. The maximum Gasteiger partial charge on any atom is 0.249 e. The highest BCUT2D eigenvalue weighted by molar-refractivity contribution is 6.00. The van der Waals surface area contributed by atoms with Crippen LogP contribution < -0.4 is 15.4 Å². The van der Waals surface area contributed by atoms with Gasteiger partial charge in [-0.2, -0.15) is 4.98 Å². The van der Waals surface area contributed by atoms with E-state index in [0.29, 0.717) is 18.1 Å². The molecule has 0 unspecified atom stereocenters. The lowest BCUT2D eigenvalue weighted by Crippen LogP contribution is -2.36. The molecule has 0 spiro atoms. The van der Waals surface area contributed by atoms with Crippen LogP contribution in [0.25, 0.3) is 11.4 Å². The van der Waals surface area contributed by atoms with E-state index in [1.165, 1.54) is 4.68 Å². The van der Waals surface area contributed by atoms with E-state index in [9.17, 15) is 9.59 Å². The van der Waals surface area contributed by atoms with Crippen molar-refractivity contribution in [2.45, 2.75) is 19.4 Å². The summed E-state index contributed by atoms with van der Waals surface area (Å²) in [6, 6.07) is 15.7. The molecule has 1 atom stereocenters. The van der Waals surface area contributed by atoms with Gasteiger partial charge in [0.05, 0.1) is 13.0 Å². The first-order valence-corrected chi connectivity index (χ1v) is 8.99. The third-order valence-electron chi connectivity index (χ3n) is 4.32. The molecule has 0 bridgehead atoms. The Hall–Kier alpha value is -3.68. The molecule has 1 aromatic heterocycles. The SMILES string of the molecule is CCOc1ccc(NC(=O)[C@H]2CC(=O)Nc3nc(-c4ccccc4)nn32)cc1. The van der Waals surface area contributed by atoms with Crippen molar-refractivity contribution < 1.29 is 14.3 Å². The summed E-state index contributed by atoms with van der Waals surface area (Å²) in [6.45, 7) is 2.48. The van der Waals surface area contributed by atoms with E-state index in [4.69, 9.17) is 4.74 Å². The maximum atomic E-state index is 12.8. The standard InChI is InChI=1S/C20H19N5O3/c1-2-28-15-10-8-14(9-11-15)21-19(27)16-12-17(26)22-20-23-18(24-25(16)20)13-6-4-3-5-7-13/h3-11,16H,2,12H2,1H3,(H,21,27)(H,22,23,24,26)/t16-/m1/s1. The zero-order chi connectivity index (χ0) is 19.5. The first-order valence-electron chi connectivity index (χ1n) is 8.99. The highest BCUT2D eigenvalue weighted by Crippen LogP contribution is 2.27. The summed E-state index contributed by atoms with van der Waals surface area (Å²) in [4.78, 5) is 29.3. The Kier molecular flexibility index (Phi) is 4.76. The van der Waals surface area contributed by atoms with Gasteiger partial charge in [-0.3, -0.25) is 14.9 Å². The molecule has 142 valence electrons. The van der Waals surface area contributed by atoms with E-state index in [-0.39, 0.29) is 24.2 Å². The highest BCUT2D eigenvalue weighted by Gasteiger charge is 2.33. The lowest BCUT2D eigenvalue weighted by Gasteiger charge is -2.22. The second-order valence-corrected chi connectivity index (χ2v) is 6.28. The van der Waals surface area contributed by atoms with E-state index < -0.39 is 6.04 Å². The van der Waals surface area contributed by atoms with Crippen LogP contribution in [0, 0.1) is 0 Å². The van der Waals surface area contributed by atoms with E-state index >= 15 is 0 Å². The molecule has 8 heteroatoms. The van der Waals surface area contributed by atoms with Crippen molar-refractivity contribution >= 4 is 23.5 Å². The highest BCUT2D eigenvalue weighted by atomic mass is 16.5. The smallest absolute Gasteiger partial charge is 0.249 e. The van der Waals surface area contributed by atoms with Crippen molar-refractivity contribution in [3.05, 3.63) is 54.6 Å². The maximum absolute atomic E-state index is 12.8. The third kappa shape index (κ3) is 3.57. The molecule has 3 aromatic rings. The van der Waals surface area contributed by atoms with Crippen molar-refractivity contribution in [2.75, 3.05) is 17.2 Å². The molecule has 0 saturated heterocycles. The van der Waals surface area contributed by atoms with Crippen LogP contribution in [0.5, 0.6) is 5.75 Å². The summed E-state index contributed by atoms with van der Waals surface area (Å²) >= 11 is 0. The number of ether oxygens (including phenoxy) is 1. The number of carbonyl (C=O) groups excluding carboxylic acids is 2. The fraction of sp³-hybridized carbons (Fsp3) is 0.200. The monoisotopic (exact) mass is 377 g/mol. The van der Waals surface area contributed by atoms with Crippen LogP contribution in [0.1, 0.15) is 19.4 Å². The first-order chi connectivity index (χ1) is 13.6. The van der Waals surface area contributed by atoms with E-state index in [2.05, 4.69) is 20.7 Å². The average molecular weight is 377 g/mol. The molecule has 4 rings (SSSR count). The Morgan fingerprint density at radius 3 is 2.68 bits per heavy atom. The molecular weight excluding hydrogens is 358 g/mol. The number of carbonyl (C=O) groups is 2. The van der Waals surface area contributed by atoms with Gasteiger partial charge in [-0.15, -0.1) is 5.10 Å². The molecular formula is C20H19N5O3. The topological polar surface area (TPSA) is 98.1 Å². The molecule has 2 aromatic carbocycles. The van der Waals surface area contributed by atoms with Crippen LogP contribution >= 0.6 is 0 Å². The Labute approximate surface area is 161 Å². The Morgan fingerprint density at radius 1 is 1.21 bits per heavy atom. The number of nitrogens with zero attached hydrogens (tertiary/aromatic N) is 3. The number of benzene rings is 2. The summed E-state index contributed by atoms with van der Waals surface area (Å²) in [5.41, 5.74) is 1.42. The van der Waals surface area contributed by atoms with Gasteiger partial charge in [0.15, 0.2) is 5.82 Å². The molecule has 2 N–H and O–H groups in total. The summed E-state index contributed by atoms with van der Waals surface area (Å²) in [5.74, 6) is 0.846. The lowest BCUT2D eigenvalue weighted by atomic mass is 10.1. The Morgan fingerprint density at radius 2 is 1.96 bits per heavy atom. The summed E-state index contributed by atoms with van der Waals surface area (Å²) < 4.78 is 6.87. The fourth-order valence-electron chi connectivity index (χ4n) is 3.00.